The summed E-state index contributed by atoms with van der Waals surface area (Å²) in [5.74, 6) is 0. The van der Waals surface area contributed by atoms with Crippen molar-refractivity contribution in [2.45, 2.75) is 7.43 Å². The Bertz CT molecular complexity index is 555. The van der Waals surface area contributed by atoms with Crippen LogP contribution in [-0.2, 0) is 0 Å². The van der Waals surface area contributed by atoms with Crippen LogP contribution in [0.3, 0.4) is 0 Å². The fourth-order valence-corrected chi connectivity index (χ4v) is 1.09. The van der Waals surface area contributed by atoms with Crippen LogP contribution in [0.15, 0.2) is 16.8 Å². The number of nitriles is 1. The first-order valence-corrected chi connectivity index (χ1v) is 3.54. The van der Waals surface area contributed by atoms with E-state index in [4.69, 9.17) is 5.26 Å². The number of nitrogens with zero attached hydrogens (tertiary/aromatic N) is 4. The minimum absolute atomic E-state index is 0. The molecule has 0 aliphatic heterocycles. The van der Waals surface area contributed by atoms with Gasteiger partial charge in [0.1, 0.15) is 6.07 Å². The summed E-state index contributed by atoms with van der Waals surface area (Å²) in [7, 11) is 0. The largest absolute Gasteiger partial charge is 0.300 e. The SMILES string of the molecule is C.N#Cc1ccc([N+](=O)[O-])c2nonc12. The second-order valence-electron chi connectivity index (χ2n) is 2.46. The lowest BCUT2D eigenvalue weighted by Gasteiger charge is -1.90. The third-order valence-electron chi connectivity index (χ3n) is 1.71. The minimum Gasteiger partial charge on any atom is -0.258 e. The molecule has 2 aromatic rings. The Hall–Kier alpha value is -2.49. The van der Waals surface area contributed by atoms with Gasteiger partial charge in [0.05, 0.1) is 10.5 Å². The van der Waals surface area contributed by atoms with Crippen LogP contribution in [0, 0.1) is 21.4 Å². The monoisotopic (exact) mass is 206 g/mol. The standard InChI is InChI=1S/C7H2N4O3.CH4/c8-3-4-1-2-5(11(12)13)7-6(4)9-14-10-7;/h1-2H;1H4. The van der Waals surface area contributed by atoms with Crippen LogP contribution in [0.5, 0.6) is 0 Å². The van der Waals surface area contributed by atoms with E-state index in [1.807, 2.05) is 6.07 Å². The summed E-state index contributed by atoms with van der Waals surface area (Å²) in [6, 6.07) is 4.35. The Morgan fingerprint density at radius 3 is 2.67 bits per heavy atom. The molecule has 0 aliphatic rings. The van der Waals surface area contributed by atoms with Crippen molar-refractivity contribution >= 4 is 16.7 Å². The van der Waals surface area contributed by atoms with Crippen molar-refractivity contribution in [2.24, 2.45) is 0 Å². The van der Waals surface area contributed by atoms with Gasteiger partial charge in [0.25, 0.3) is 0 Å². The first-order valence-electron chi connectivity index (χ1n) is 3.54. The van der Waals surface area contributed by atoms with E-state index < -0.39 is 4.92 Å². The molecule has 0 amide bonds. The molecule has 0 saturated carbocycles. The lowest BCUT2D eigenvalue weighted by Crippen LogP contribution is -1.90. The van der Waals surface area contributed by atoms with Gasteiger partial charge >= 0.3 is 5.69 Å². The molecule has 7 nitrogen and oxygen atoms in total. The van der Waals surface area contributed by atoms with Gasteiger partial charge in [-0.2, -0.15) is 5.26 Å². The molecule has 0 bridgehead atoms. The molecular formula is C8H6N4O3. The zero-order chi connectivity index (χ0) is 10.1. The van der Waals surface area contributed by atoms with Crippen LogP contribution in [0.4, 0.5) is 5.69 Å². The molecule has 0 aliphatic carbocycles. The predicted molar refractivity (Wildman–Crippen MR) is 49.9 cm³/mol. The predicted octanol–water partition coefficient (Wildman–Crippen LogP) is 1.64. The van der Waals surface area contributed by atoms with E-state index in [-0.39, 0.29) is 29.7 Å². The van der Waals surface area contributed by atoms with Gasteiger partial charge < -0.3 is 0 Å². The summed E-state index contributed by atoms with van der Waals surface area (Å²) in [6.45, 7) is 0. The molecule has 0 atom stereocenters. The molecular weight excluding hydrogens is 200 g/mol. The maximum atomic E-state index is 10.5. The maximum absolute atomic E-state index is 10.5. The quantitative estimate of drug-likeness (QED) is 0.518. The van der Waals surface area contributed by atoms with Crippen molar-refractivity contribution in [1.82, 2.24) is 10.3 Å². The smallest absolute Gasteiger partial charge is 0.258 e. The van der Waals surface area contributed by atoms with E-state index in [1.165, 1.54) is 12.1 Å². The van der Waals surface area contributed by atoms with E-state index >= 15 is 0 Å². The number of hydrogen-bond donors (Lipinski definition) is 0. The molecule has 2 rings (SSSR count). The molecule has 0 fully saturated rings. The van der Waals surface area contributed by atoms with Crippen molar-refractivity contribution in [1.29, 1.82) is 5.26 Å². The van der Waals surface area contributed by atoms with Crippen LogP contribution >= 0.6 is 0 Å². The average Bonchev–Trinajstić information content (AvgIpc) is 2.64. The molecule has 1 aromatic carbocycles. The van der Waals surface area contributed by atoms with Gasteiger partial charge in [0.2, 0.25) is 5.52 Å². The molecule has 15 heavy (non-hydrogen) atoms. The van der Waals surface area contributed by atoms with Crippen LogP contribution < -0.4 is 0 Å². The number of aromatic nitrogens is 2. The van der Waals surface area contributed by atoms with Crippen LogP contribution in [0.1, 0.15) is 13.0 Å². The molecule has 0 radical (unpaired) electrons. The summed E-state index contributed by atoms with van der Waals surface area (Å²) < 4.78 is 4.34. The van der Waals surface area contributed by atoms with Gasteiger partial charge in [-0.1, -0.05) is 7.43 Å². The maximum Gasteiger partial charge on any atom is 0.300 e. The van der Waals surface area contributed by atoms with Gasteiger partial charge in [0.15, 0.2) is 5.52 Å². The lowest BCUT2D eigenvalue weighted by molar-refractivity contribution is -0.383. The minimum atomic E-state index is -0.603. The van der Waals surface area contributed by atoms with Gasteiger partial charge in [-0.05, 0) is 16.4 Å². The van der Waals surface area contributed by atoms with E-state index in [0.717, 1.165) is 0 Å². The number of benzene rings is 1. The van der Waals surface area contributed by atoms with Gasteiger partial charge in [-0.3, -0.25) is 10.1 Å². The first-order chi connectivity index (χ1) is 6.74. The highest BCUT2D eigenvalue weighted by molar-refractivity contribution is 5.87. The van der Waals surface area contributed by atoms with Crippen LogP contribution in [-0.4, -0.2) is 15.2 Å². The number of nitro groups is 1. The Morgan fingerprint density at radius 2 is 2.07 bits per heavy atom. The lowest BCUT2D eigenvalue weighted by atomic mass is 10.2. The second kappa shape index (κ2) is 3.71. The third kappa shape index (κ3) is 1.48. The average molecular weight is 206 g/mol. The summed E-state index contributed by atoms with van der Waals surface area (Å²) in [5.41, 5.74) is 0.0860. The fourth-order valence-electron chi connectivity index (χ4n) is 1.09. The first kappa shape index (κ1) is 10.6. The van der Waals surface area contributed by atoms with Crippen LogP contribution in [0.2, 0.25) is 0 Å². The number of hydrogen-bond acceptors (Lipinski definition) is 6. The molecule has 0 N–H and O–H groups in total. The number of non-ortho nitro benzene ring substituents is 1. The van der Waals surface area contributed by atoms with Crippen molar-refractivity contribution < 1.29 is 9.55 Å². The molecule has 76 valence electrons. The Morgan fingerprint density at radius 1 is 1.40 bits per heavy atom. The molecule has 0 saturated heterocycles. The molecule has 7 heteroatoms. The summed E-state index contributed by atoms with van der Waals surface area (Å²) >= 11 is 0. The Balaban J connectivity index is 0.00000112. The van der Waals surface area contributed by atoms with Gasteiger partial charge in [-0.15, -0.1) is 0 Å². The van der Waals surface area contributed by atoms with E-state index in [9.17, 15) is 10.1 Å². The highest BCUT2D eigenvalue weighted by Crippen LogP contribution is 2.24. The zero-order valence-electron chi connectivity index (χ0n) is 6.67. The fraction of sp³-hybridized carbons (Fsp3) is 0.125. The highest BCUT2D eigenvalue weighted by atomic mass is 16.6. The topological polar surface area (TPSA) is 106 Å². The molecule has 1 aromatic heterocycles. The summed E-state index contributed by atoms with van der Waals surface area (Å²) in [5, 5.41) is 26.0. The van der Waals surface area contributed by atoms with Gasteiger partial charge in [-0.25, -0.2) is 4.63 Å². The Labute approximate surface area is 84.0 Å². The summed E-state index contributed by atoms with van der Waals surface area (Å²) in [6.07, 6.45) is 0. The number of rotatable bonds is 1. The van der Waals surface area contributed by atoms with Crippen molar-refractivity contribution in [3.05, 3.63) is 27.8 Å². The summed E-state index contributed by atoms with van der Waals surface area (Å²) in [4.78, 5) is 9.92. The molecule has 1 heterocycles. The molecule has 0 spiro atoms. The van der Waals surface area contributed by atoms with E-state index in [0.29, 0.717) is 0 Å². The van der Waals surface area contributed by atoms with Crippen molar-refractivity contribution in [3.63, 3.8) is 0 Å². The zero-order valence-corrected chi connectivity index (χ0v) is 6.67. The van der Waals surface area contributed by atoms with E-state index in [2.05, 4.69) is 14.9 Å². The van der Waals surface area contributed by atoms with E-state index in [1.54, 1.807) is 0 Å². The Kier molecular flexibility index (Phi) is 2.62. The number of nitro benzene ring substituents is 1. The molecule has 0 unspecified atom stereocenters. The number of fused-ring (bicyclic) bond motifs is 1. The van der Waals surface area contributed by atoms with Gasteiger partial charge in [0, 0.05) is 6.07 Å². The third-order valence-corrected chi connectivity index (χ3v) is 1.71. The second-order valence-corrected chi connectivity index (χ2v) is 2.46. The normalized spacial score (nSPS) is 9.27. The van der Waals surface area contributed by atoms with Crippen molar-refractivity contribution in [3.8, 4) is 6.07 Å². The highest BCUT2D eigenvalue weighted by Gasteiger charge is 2.18. The van der Waals surface area contributed by atoms with Crippen molar-refractivity contribution in [2.75, 3.05) is 0 Å². The van der Waals surface area contributed by atoms with Crippen LogP contribution in [0.25, 0.3) is 11.0 Å².